The zero-order chi connectivity index (χ0) is 20.0. The van der Waals surface area contributed by atoms with Gasteiger partial charge in [-0.15, -0.1) is 0 Å². The number of H-pyrrole nitrogens is 1. The van der Waals surface area contributed by atoms with Gasteiger partial charge in [0.25, 0.3) is 0 Å². The Morgan fingerprint density at radius 2 is 1.82 bits per heavy atom. The number of pyridine rings is 1. The molecule has 1 amide bonds. The van der Waals surface area contributed by atoms with Gasteiger partial charge in [0.2, 0.25) is 5.91 Å². The summed E-state index contributed by atoms with van der Waals surface area (Å²) in [5.41, 5.74) is 2.35. The number of hydrogen-bond donors (Lipinski definition) is 2. The summed E-state index contributed by atoms with van der Waals surface area (Å²) in [5.74, 6) is 1.65. The smallest absolute Gasteiger partial charge is 0.228 e. The van der Waals surface area contributed by atoms with Gasteiger partial charge in [-0.2, -0.15) is 5.10 Å². The van der Waals surface area contributed by atoms with Gasteiger partial charge in [0.15, 0.2) is 11.6 Å². The minimum atomic E-state index is -0.138. The van der Waals surface area contributed by atoms with E-state index in [4.69, 9.17) is 4.74 Å². The van der Waals surface area contributed by atoms with Crippen molar-refractivity contribution in [2.45, 2.75) is 45.8 Å². The van der Waals surface area contributed by atoms with E-state index in [-0.39, 0.29) is 24.3 Å². The number of carbonyl (C=O) groups is 1. The molecule has 0 atom stereocenters. The molecule has 7 nitrogen and oxygen atoms in total. The van der Waals surface area contributed by atoms with Crippen molar-refractivity contribution in [1.82, 2.24) is 25.5 Å². The molecule has 0 aliphatic rings. The second-order valence-electron chi connectivity index (χ2n) is 7.57. The van der Waals surface area contributed by atoms with E-state index >= 15 is 0 Å². The molecule has 0 saturated heterocycles. The summed E-state index contributed by atoms with van der Waals surface area (Å²) in [6.45, 7) is 7.23. The highest BCUT2D eigenvalue weighted by atomic mass is 16.5. The lowest BCUT2D eigenvalue weighted by Crippen LogP contribution is -2.25. The Kier molecular flexibility index (Phi) is 6.03. The fraction of sp³-hybridized carbons (Fsp3) is 0.333. The average Bonchev–Trinajstić information content (AvgIpc) is 3.12. The number of aromatic amines is 1. The number of hydrogen-bond acceptors (Lipinski definition) is 5. The molecular formula is C21H25N5O2. The summed E-state index contributed by atoms with van der Waals surface area (Å²) in [7, 11) is 0. The van der Waals surface area contributed by atoms with E-state index in [1.165, 1.54) is 5.56 Å². The molecule has 0 aliphatic carbocycles. The Morgan fingerprint density at radius 3 is 2.50 bits per heavy atom. The van der Waals surface area contributed by atoms with Gasteiger partial charge in [0.1, 0.15) is 12.4 Å². The zero-order valence-corrected chi connectivity index (χ0v) is 16.4. The van der Waals surface area contributed by atoms with Crippen molar-refractivity contribution >= 4 is 5.91 Å². The van der Waals surface area contributed by atoms with Crippen LogP contribution < -0.4 is 10.1 Å². The van der Waals surface area contributed by atoms with Gasteiger partial charge in [-0.05, 0) is 40.8 Å². The molecule has 0 saturated carbocycles. The van der Waals surface area contributed by atoms with Crippen LogP contribution in [0.5, 0.6) is 5.75 Å². The second kappa shape index (κ2) is 8.65. The Hall–Kier alpha value is -3.22. The molecule has 2 aromatic heterocycles. The van der Waals surface area contributed by atoms with Crippen LogP contribution in [-0.2, 0) is 29.8 Å². The lowest BCUT2D eigenvalue weighted by atomic mass is 9.87. The van der Waals surface area contributed by atoms with Gasteiger partial charge in [0, 0.05) is 18.9 Å². The number of ether oxygens (including phenoxy) is 1. The summed E-state index contributed by atoms with van der Waals surface area (Å²) < 4.78 is 5.74. The molecule has 0 aliphatic heterocycles. The quantitative estimate of drug-likeness (QED) is 0.658. The maximum Gasteiger partial charge on any atom is 0.228 e. The van der Waals surface area contributed by atoms with Gasteiger partial charge in [0.05, 0.1) is 6.42 Å². The third-order valence-electron chi connectivity index (χ3n) is 4.23. The van der Waals surface area contributed by atoms with Gasteiger partial charge in [-0.3, -0.25) is 14.9 Å². The molecule has 7 heteroatoms. The fourth-order valence-corrected chi connectivity index (χ4v) is 2.59. The number of amides is 1. The van der Waals surface area contributed by atoms with E-state index in [0.717, 1.165) is 11.3 Å². The molecular weight excluding hydrogens is 354 g/mol. The summed E-state index contributed by atoms with van der Waals surface area (Å²) in [6, 6.07) is 11.7. The lowest BCUT2D eigenvalue weighted by Gasteiger charge is -2.19. The van der Waals surface area contributed by atoms with Crippen molar-refractivity contribution in [2.75, 3.05) is 0 Å². The SMILES string of the molecule is CC(C)(C)c1ccc(OCc2nc(CC(=O)NCc3ccncc3)n[nH]2)cc1. The van der Waals surface area contributed by atoms with E-state index in [1.807, 2.05) is 24.3 Å². The summed E-state index contributed by atoms with van der Waals surface area (Å²) >= 11 is 0. The zero-order valence-electron chi connectivity index (χ0n) is 16.4. The molecule has 146 valence electrons. The van der Waals surface area contributed by atoms with Crippen LogP contribution >= 0.6 is 0 Å². The maximum atomic E-state index is 12.0. The molecule has 1 aromatic carbocycles. The summed E-state index contributed by atoms with van der Waals surface area (Å²) in [5, 5.41) is 9.74. The second-order valence-corrected chi connectivity index (χ2v) is 7.57. The topological polar surface area (TPSA) is 92.8 Å². The largest absolute Gasteiger partial charge is 0.486 e. The van der Waals surface area contributed by atoms with Crippen molar-refractivity contribution in [1.29, 1.82) is 0 Å². The number of rotatable bonds is 7. The lowest BCUT2D eigenvalue weighted by molar-refractivity contribution is -0.120. The normalized spacial score (nSPS) is 11.2. The number of benzene rings is 1. The highest BCUT2D eigenvalue weighted by Crippen LogP contribution is 2.24. The minimum absolute atomic E-state index is 0.107. The highest BCUT2D eigenvalue weighted by molar-refractivity contribution is 5.77. The number of aromatic nitrogens is 4. The van der Waals surface area contributed by atoms with Gasteiger partial charge in [-0.1, -0.05) is 32.9 Å². The van der Waals surface area contributed by atoms with Crippen LogP contribution in [0.15, 0.2) is 48.8 Å². The first-order chi connectivity index (χ1) is 13.4. The third kappa shape index (κ3) is 5.64. The fourth-order valence-electron chi connectivity index (χ4n) is 2.59. The Bertz CT molecular complexity index is 899. The first-order valence-electron chi connectivity index (χ1n) is 9.19. The maximum absolute atomic E-state index is 12.0. The van der Waals surface area contributed by atoms with Crippen molar-refractivity contribution < 1.29 is 9.53 Å². The van der Waals surface area contributed by atoms with E-state index < -0.39 is 0 Å². The van der Waals surface area contributed by atoms with Crippen molar-refractivity contribution in [2.24, 2.45) is 0 Å². The van der Waals surface area contributed by atoms with Crippen LogP contribution in [0.3, 0.4) is 0 Å². The van der Waals surface area contributed by atoms with E-state index in [9.17, 15) is 4.79 Å². The monoisotopic (exact) mass is 379 g/mol. The molecule has 0 unspecified atom stereocenters. The van der Waals surface area contributed by atoms with Crippen molar-refractivity contribution in [3.8, 4) is 5.75 Å². The molecule has 3 aromatic rings. The standard InChI is InChI=1S/C21H25N5O2/c1-21(2,3)16-4-6-17(7-5-16)28-14-19-24-18(25-26-19)12-20(27)23-13-15-8-10-22-11-9-15/h4-11H,12-14H2,1-3H3,(H,23,27)(H,24,25,26). The molecule has 3 rings (SSSR count). The first-order valence-corrected chi connectivity index (χ1v) is 9.19. The van der Waals surface area contributed by atoms with Gasteiger partial charge >= 0.3 is 0 Å². The minimum Gasteiger partial charge on any atom is -0.486 e. The van der Waals surface area contributed by atoms with Crippen LogP contribution in [0.25, 0.3) is 0 Å². The van der Waals surface area contributed by atoms with Crippen LogP contribution in [0.1, 0.15) is 43.5 Å². The Morgan fingerprint density at radius 1 is 1.11 bits per heavy atom. The third-order valence-corrected chi connectivity index (χ3v) is 4.23. The molecule has 2 heterocycles. The molecule has 0 bridgehead atoms. The van der Waals surface area contributed by atoms with Crippen LogP contribution in [-0.4, -0.2) is 26.1 Å². The predicted molar refractivity (Wildman–Crippen MR) is 106 cm³/mol. The predicted octanol–water partition coefficient (Wildman–Crippen LogP) is 2.94. The molecule has 0 fully saturated rings. The van der Waals surface area contributed by atoms with Crippen molar-refractivity contribution in [3.05, 3.63) is 71.6 Å². The molecule has 28 heavy (non-hydrogen) atoms. The number of nitrogens with one attached hydrogen (secondary N) is 2. The van der Waals surface area contributed by atoms with E-state index in [2.05, 4.69) is 58.4 Å². The number of carbonyl (C=O) groups excluding carboxylic acids is 1. The average molecular weight is 379 g/mol. The highest BCUT2D eigenvalue weighted by Gasteiger charge is 2.13. The summed E-state index contributed by atoms with van der Waals surface area (Å²) in [4.78, 5) is 20.3. The first kappa shape index (κ1) is 19.5. The molecule has 0 radical (unpaired) electrons. The van der Waals surface area contributed by atoms with E-state index in [0.29, 0.717) is 18.2 Å². The molecule has 2 N–H and O–H groups in total. The van der Waals surface area contributed by atoms with E-state index in [1.54, 1.807) is 12.4 Å². The van der Waals surface area contributed by atoms with Crippen LogP contribution in [0, 0.1) is 0 Å². The van der Waals surface area contributed by atoms with Crippen LogP contribution in [0.4, 0.5) is 0 Å². The Balaban J connectivity index is 1.46. The number of nitrogens with zero attached hydrogens (tertiary/aromatic N) is 3. The van der Waals surface area contributed by atoms with Gasteiger partial charge < -0.3 is 10.1 Å². The van der Waals surface area contributed by atoms with Gasteiger partial charge in [-0.25, -0.2) is 4.98 Å². The Labute approximate surface area is 164 Å². The van der Waals surface area contributed by atoms with Crippen LogP contribution in [0.2, 0.25) is 0 Å². The summed E-state index contributed by atoms with van der Waals surface area (Å²) in [6.07, 6.45) is 3.50. The molecule has 0 spiro atoms. The van der Waals surface area contributed by atoms with Crippen molar-refractivity contribution in [3.63, 3.8) is 0 Å².